The van der Waals surface area contributed by atoms with Crippen molar-refractivity contribution in [1.29, 1.82) is 0 Å². The van der Waals surface area contributed by atoms with E-state index in [2.05, 4.69) is 36.2 Å². The highest BCUT2D eigenvalue weighted by Gasteiger charge is 2.35. The average Bonchev–Trinajstić information content (AvgIpc) is 2.37. The molecule has 1 saturated heterocycles. The summed E-state index contributed by atoms with van der Waals surface area (Å²) in [6, 6.07) is 9.39. The van der Waals surface area contributed by atoms with Crippen molar-refractivity contribution in [2.75, 3.05) is 7.05 Å². The second kappa shape index (κ2) is 4.91. The number of carbonyl (C=O) groups excluding carboxylic acids is 1. The molecule has 17 heavy (non-hydrogen) atoms. The molecule has 1 fully saturated rings. The topological polar surface area (TPSA) is 20.3 Å². The lowest BCUT2D eigenvalue weighted by Crippen LogP contribution is -2.41. The van der Waals surface area contributed by atoms with Crippen molar-refractivity contribution in [1.82, 2.24) is 4.90 Å². The number of carbonyl (C=O) groups is 1. The minimum Gasteiger partial charge on any atom is -0.300 e. The molecule has 2 heterocycles. The predicted octanol–water partition coefficient (Wildman–Crippen LogP) is 2.92. The van der Waals surface area contributed by atoms with Crippen LogP contribution in [0.5, 0.6) is 0 Å². The monoisotopic (exact) mass is 295 g/mol. The van der Waals surface area contributed by atoms with Crippen LogP contribution in [0.25, 0.3) is 0 Å². The Morgan fingerprint density at radius 2 is 2.00 bits per heavy atom. The van der Waals surface area contributed by atoms with E-state index in [1.165, 1.54) is 11.1 Å². The first-order valence-corrected chi connectivity index (χ1v) is 6.07. The lowest BCUT2D eigenvalue weighted by atomic mass is 9.91. The van der Waals surface area contributed by atoms with Gasteiger partial charge < -0.3 is 0 Å². The van der Waals surface area contributed by atoms with E-state index in [4.69, 9.17) is 0 Å². The molecule has 2 unspecified atom stereocenters. The van der Waals surface area contributed by atoms with Gasteiger partial charge in [0.2, 0.25) is 0 Å². The fourth-order valence-electron chi connectivity index (χ4n) is 3.15. The maximum Gasteiger partial charge on any atom is 0.136 e. The van der Waals surface area contributed by atoms with Crippen LogP contribution in [0.4, 0.5) is 0 Å². The minimum atomic E-state index is 0. The number of rotatable bonds is 0. The van der Waals surface area contributed by atoms with E-state index in [1.807, 2.05) is 0 Å². The molecule has 0 N–H and O–H groups in total. The predicted molar refractivity (Wildman–Crippen MR) is 73.6 cm³/mol. The van der Waals surface area contributed by atoms with Crippen LogP contribution in [0.2, 0.25) is 0 Å². The van der Waals surface area contributed by atoms with E-state index < -0.39 is 0 Å². The third-order valence-corrected chi connectivity index (χ3v) is 4.11. The Morgan fingerprint density at radius 3 is 2.82 bits per heavy atom. The number of ketones is 1. The van der Waals surface area contributed by atoms with Crippen LogP contribution in [-0.4, -0.2) is 23.8 Å². The van der Waals surface area contributed by atoms with Crippen molar-refractivity contribution in [3.63, 3.8) is 0 Å². The molecule has 2 bridgehead atoms. The number of aryl methyl sites for hydroxylation is 1. The molecule has 1 aromatic rings. The van der Waals surface area contributed by atoms with Gasteiger partial charge in [-0.1, -0.05) is 24.3 Å². The summed E-state index contributed by atoms with van der Waals surface area (Å²) in [5, 5.41) is 0. The molecular formula is C14H18BrNO. The van der Waals surface area contributed by atoms with Crippen LogP contribution in [0, 0.1) is 0 Å². The van der Waals surface area contributed by atoms with Crippen molar-refractivity contribution >= 4 is 22.8 Å². The van der Waals surface area contributed by atoms with Gasteiger partial charge in [-0.2, -0.15) is 0 Å². The molecule has 3 heteroatoms. The van der Waals surface area contributed by atoms with Crippen LogP contribution in [0.1, 0.15) is 36.4 Å². The van der Waals surface area contributed by atoms with Crippen LogP contribution in [0.3, 0.4) is 0 Å². The third-order valence-electron chi connectivity index (χ3n) is 4.11. The zero-order valence-electron chi connectivity index (χ0n) is 10.1. The summed E-state index contributed by atoms with van der Waals surface area (Å²) in [6.45, 7) is 0. The molecule has 2 aliphatic rings. The summed E-state index contributed by atoms with van der Waals surface area (Å²) in [5.41, 5.74) is 2.82. The summed E-state index contributed by atoms with van der Waals surface area (Å²) >= 11 is 0. The van der Waals surface area contributed by atoms with Crippen molar-refractivity contribution in [3.05, 3.63) is 35.4 Å². The maximum atomic E-state index is 11.8. The van der Waals surface area contributed by atoms with Crippen molar-refractivity contribution in [2.45, 2.75) is 37.8 Å². The second-order valence-corrected chi connectivity index (χ2v) is 5.02. The molecule has 2 aliphatic heterocycles. The standard InChI is InChI=1S/C14H17NO.BrH/c1-15-11-7-6-10-4-2-3-5-13(10)14(15)9-12(16)8-11;/h2-5,11,14H,6-9H2,1H3;1H. The lowest BCUT2D eigenvalue weighted by molar-refractivity contribution is -0.124. The Bertz CT molecular complexity index is 432. The quantitative estimate of drug-likeness (QED) is 0.733. The normalized spacial score (nSPS) is 27.9. The number of halogens is 1. The minimum absolute atomic E-state index is 0. The Balaban J connectivity index is 0.00000108. The van der Waals surface area contributed by atoms with Crippen LogP contribution < -0.4 is 0 Å². The third kappa shape index (κ3) is 2.18. The number of hydrogen-bond acceptors (Lipinski definition) is 2. The molecule has 2 atom stereocenters. The summed E-state index contributed by atoms with van der Waals surface area (Å²) < 4.78 is 0. The first kappa shape index (κ1) is 12.8. The molecule has 1 aromatic carbocycles. The van der Waals surface area contributed by atoms with Gasteiger partial charge >= 0.3 is 0 Å². The van der Waals surface area contributed by atoms with Gasteiger partial charge in [-0.15, -0.1) is 17.0 Å². The Kier molecular flexibility index (Phi) is 3.69. The van der Waals surface area contributed by atoms with E-state index in [9.17, 15) is 4.79 Å². The number of fused-ring (bicyclic) bond motifs is 4. The van der Waals surface area contributed by atoms with Gasteiger partial charge in [0.05, 0.1) is 0 Å². The van der Waals surface area contributed by atoms with E-state index in [-0.39, 0.29) is 17.0 Å². The highest BCUT2D eigenvalue weighted by atomic mass is 79.9. The van der Waals surface area contributed by atoms with E-state index >= 15 is 0 Å². The number of nitrogens with zero attached hydrogens (tertiary/aromatic N) is 1. The number of Topliss-reactive ketones (excluding diaryl/α,β-unsaturated/α-hetero) is 1. The van der Waals surface area contributed by atoms with Gasteiger partial charge in [-0.25, -0.2) is 0 Å². The van der Waals surface area contributed by atoms with Gasteiger partial charge in [-0.05, 0) is 31.0 Å². The summed E-state index contributed by atoms with van der Waals surface area (Å²) in [4.78, 5) is 14.2. The second-order valence-electron chi connectivity index (χ2n) is 5.02. The van der Waals surface area contributed by atoms with Crippen molar-refractivity contribution in [2.24, 2.45) is 0 Å². The zero-order chi connectivity index (χ0) is 11.1. The Labute approximate surface area is 113 Å². The highest BCUT2D eigenvalue weighted by molar-refractivity contribution is 8.93. The summed E-state index contributed by atoms with van der Waals surface area (Å²) in [5.74, 6) is 0.435. The van der Waals surface area contributed by atoms with Crippen LogP contribution in [-0.2, 0) is 11.2 Å². The molecule has 2 nitrogen and oxygen atoms in total. The first-order chi connectivity index (χ1) is 7.75. The molecule has 3 rings (SSSR count). The average molecular weight is 296 g/mol. The maximum absolute atomic E-state index is 11.8. The highest BCUT2D eigenvalue weighted by Crippen LogP contribution is 2.37. The smallest absolute Gasteiger partial charge is 0.136 e. The van der Waals surface area contributed by atoms with Crippen molar-refractivity contribution in [3.8, 4) is 0 Å². The molecule has 92 valence electrons. The lowest BCUT2D eigenvalue weighted by Gasteiger charge is -2.37. The van der Waals surface area contributed by atoms with Gasteiger partial charge in [0.15, 0.2) is 0 Å². The van der Waals surface area contributed by atoms with Gasteiger partial charge in [-0.3, -0.25) is 9.69 Å². The fourth-order valence-corrected chi connectivity index (χ4v) is 3.15. The number of hydrogen-bond donors (Lipinski definition) is 0. The van der Waals surface area contributed by atoms with Gasteiger partial charge in [0.1, 0.15) is 5.78 Å². The molecule has 0 aromatic heterocycles. The fraction of sp³-hybridized carbons (Fsp3) is 0.500. The van der Waals surface area contributed by atoms with Crippen LogP contribution in [0.15, 0.2) is 24.3 Å². The molecule has 0 radical (unpaired) electrons. The summed E-state index contributed by atoms with van der Waals surface area (Å²) in [6.07, 6.45) is 3.69. The number of piperidine rings is 1. The first-order valence-electron chi connectivity index (χ1n) is 6.07. The SMILES string of the molecule is Br.CN1C2CCc3ccccc3C1CC(=O)C2. The molecular weight excluding hydrogens is 278 g/mol. The molecule has 0 amide bonds. The van der Waals surface area contributed by atoms with Crippen molar-refractivity contribution < 1.29 is 4.79 Å². The van der Waals surface area contributed by atoms with Gasteiger partial charge in [0, 0.05) is 24.9 Å². The van der Waals surface area contributed by atoms with E-state index in [1.54, 1.807) is 0 Å². The largest absolute Gasteiger partial charge is 0.300 e. The summed E-state index contributed by atoms with van der Waals surface area (Å²) in [7, 11) is 2.17. The molecule has 0 saturated carbocycles. The van der Waals surface area contributed by atoms with Crippen LogP contribution >= 0.6 is 17.0 Å². The van der Waals surface area contributed by atoms with Gasteiger partial charge in [0.25, 0.3) is 0 Å². The molecule has 0 aliphatic carbocycles. The Morgan fingerprint density at radius 1 is 1.24 bits per heavy atom. The zero-order valence-corrected chi connectivity index (χ0v) is 11.8. The van der Waals surface area contributed by atoms with E-state index in [0.29, 0.717) is 24.3 Å². The Hall–Kier alpha value is -0.670. The number of benzene rings is 1. The molecule has 0 spiro atoms. The van der Waals surface area contributed by atoms with E-state index in [0.717, 1.165) is 19.3 Å².